The molecule has 0 unspecified atom stereocenters. The van der Waals surface area contributed by atoms with E-state index >= 15 is 0 Å². The summed E-state index contributed by atoms with van der Waals surface area (Å²) in [6.45, 7) is 2.09. The third-order valence-corrected chi connectivity index (χ3v) is 4.88. The van der Waals surface area contributed by atoms with Gasteiger partial charge in [0.15, 0.2) is 5.82 Å². The maximum absolute atomic E-state index is 12.4. The first-order valence-corrected chi connectivity index (χ1v) is 9.33. The number of benzene rings is 2. The van der Waals surface area contributed by atoms with Gasteiger partial charge in [0, 0.05) is 34.9 Å². The smallest absolute Gasteiger partial charge is 0.255 e. The number of carbonyl (C=O) groups is 1. The maximum Gasteiger partial charge on any atom is 0.255 e. The molecule has 0 atom stereocenters. The van der Waals surface area contributed by atoms with Crippen LogP contribution in [0.25, 0.3) is 11.3 Å². The van der Waals surface area contributed by atoms with Crippen molar-refractivity contribution in [2.24, 2.45) is 0 Å². The lowest BCUT2D eigenvalue weighted by molar-refractivity contribution is 0.102. The first-order chi connectivity index (χ1) is 13.2. The zero-order valence-corrected chi connectivity index (χ0v) is 15.5. The lowest BCUT2D eigenvalue weighted by Crippen LogP contribution is -2.19. The molecule has 1 aromatic heterocycles. The number of amides is 1. The van der Waals surface area contributed by atoms with Gasteiger partial charge >= 0.3 is 0 Å². The Morgan fingerprint density at radius 1 is 0.889 bits per heavy atom. The number of hydrogen-bond donors (Lipinski definition) is 1. The predicted molar refractivity (Wildman–Crippen MR) is 108 cm³/mol. The fraction of sp³-hybridized carbons (Fsp3) is 0.190. The summed E-state index contributed by atoms with van der Waals surface area (Å²) in [7, 11) is 0. The molecule has 1 fully saturated rings. The Morgan fingerprint density at radius 2 is 1.59 bits per heavy atom. The molecule has 0 saturated carbocycles. The molecule has 27 heavy (non-hydrogen) atoms. The number of anilines is 2. The third-order valence-electron chi connectivity index (χ3n) is 4.63. The van der Waals surface area contributed by atoms with Crippen molar-refractivity contribution in [2.45, 2.75) is 12.8 Å². The zero-order chi connectivity index (χ0) is 18.6. The Balaban J connectivity index is 1.45. The van der Waals surface area contributed by atoms with Crippen LogP contribution in [0.4, 0.5) is 11.5 Å². The molecule has 2 aromatic carbocycles. The molecule has 1 saturated heterocycles. The second-order valence-electron chi connectivity index (χ2n) is 6.51. The topological polar surface area (TPSA) is 58.1 Å². The minimum atomic E-state index is -0.167. The summed E-state index contributed by atoms with van der Waals surface area (Å²) < 4.78 is 0. The van der Waals surface area contributed by atoms with Crippen LogP contribution in [0.15, 0.2) is 60.7 Å². The number of halogens is 1. The van der Waals surface area contributed by atoms with E-state index in [1.54, 1.807) is 36.4 Å². The number of nitrogens with zero attached hydrogens (tertiary/aromatic N) is 3. The monoisotopic (exact) mass is 378 g/mol. The van der Waals surface area contributed by atoms with Gasteiger partial charge in [-0.2, -0.15) is 0 Å². The molecular formula is C21H19ClN4O. The number of nitrogens with one attached hydrogen (secondary N) is 1. The summed E-state index contributed by atoms with van der Waals surface area (Å²) in [5.74, 6) is 0.759. The van der Waals surface area contributed by atoms with Crippen LogP contribution in [0.3, 0.4) is 0 Å². The summed E-state index contributed by atoms with van der Waals surface area (Å²) in [4.78, 5) is 14.6. The van der Waals surface area contributed by atoms with Crippen molar-refractivity contribution < 1.29 is 4.79 Å². The van der Waals surface area contributed by atoms with Gasteiger partial charge in [-0.25, -0.2) is 0 Å². The molecule has 3 aromatic rings. The van der Waals surface area contributed by atoms with Crippen LogP contribution in [-0.2, 0) is 0 Å². The van der Waals surface area contributed by atoms with Crippen LogP contribution >= 0.6 is 11.6 Å². The molecule has 136 valence electrons. The Labute approximate surface area is 163 Å². The molecule has 1 aliphatic heterocycles. The molecule has 6 heteroatoms. The largest absolute Gasteiger partial charge is 0.355 e. The lowest BCUT2D eigenvalue weighted by atomic mass is 10.1. The van der Waals surface area contributed by atoms with Crippen molar-refractivity contribution in [3.8, 4) is 11.3 Å². The highest BCUT2D eigenvalue weighted by molar-refractivity contribution is 6.30. The van der Waals surface area contributed by atoms with Gasteiger partial charge in [-0.15, -0.1) is 10.2 Å². The average Bonchev–Trinajstić information content (AvgIpc) is 3.25. The van der Waals surface area contributed by atoms with E-state index in [4.69, 9.17) is 11.6 Å². The van der Waals surface area contributed by atoms with Crippen molar-refractivity contribution in [3.05, 3.63) is 71.2 Å². The van der Waals surface area contributed by atoms with Crippen LogP contribution in [0.5, 0.6) is 0 Å². The van der Waals surface area contributed by atoms with E-state index in [0.29, 0.717) is 16.3 Å². The van der Waals surface area contributed by atoms with E-state index in [1.807, 2.05) is 24.3 Å². The van der Waals surface area contributed by atoms with Gasteiger partial charge in [0.05, 0.1) is 5.69 Å². The molecular weight excluding hydrogens is 360 g/mol. The minimum absolute atomic E-state index is 0.167. The van der Waals surface area contributed by atoms with Crippen molar-refractivity contribution in [1.29, 1.82) is 0 Å². The molecule has 0 spiro atoms. The van der Waals surface area contributed by atoms with E-state index in [-0.39, 0.29) is 5.91 Å². The SMILES string of the molecule is O=C(Nc1ccc(Cl)cc1)c1ccc(-c2ccc(N3CCCC3)nn2)cc1. The number of carbonyl (C=O) groups excluding carboxylic acids is 1. The Morgan fingerprint density at radius 3 is 2.22 bits per heavy atom. The average molecular weight is 379 g/mol. The molecule has 1 aliphatic rings. The zero-order valence-electron chi connectivity index (χ0n) is 14.7. The van der Waals surface area contributed by atoms with Crippen LogP contribution in [0, 0.1) is 0 Å². The second kappa shape index (κ2) is 7.76. The second-order valence-corrected chi connectivity index (χ2v) is 6.95. The van der Waals surface area contributed by atoms with E-state index < -0.39 is 0 Å². The van der Waals surface area contributed by atoms with Crippen LogP contribution in [0.1, 0.15) is 23.2 Å². The fourth-order valence-electron chi connectivity index (χ4n) is 3.12. The van der Waals surface area contributed by atoms with Gasteiger partial charge in [-0.1, -0.05) is 23.7 Å². The first kappa shape index (κ1) is 17.5. The van der Waals surface area contributed by atoms with Crippen molar-refractivity contribution in [1.82, 2.24) is 10.2 Å². The van der Waals surface area contributed by atoms with Crippen LogP contribution in [0.2, 0.25) is 5.02 Å². The lowest BCUT2D eigenvalue weighted by Gasteiger charge is -2.15. The van der Waals surface area contributed by atoms with Gasteiger partial charge in [0.25, 0.3) is 5.91 Å². The molecule has 2 heterocycles. The predicted octanol–water partition coefficient (Wildman–Crippen LogP) is 4.65. The highest BCUT2D eigenvalue weighted by atomic mass is 35.5. The van der Waals surface area contributed by atoms with E-state index in [0.717, 1.165) is 30.2 Å². The van der Waals surface area contributed by atoms with Gasteiger partial charge in [0.2, 0.25) is 0 Å². The molecule has 0 aliphatic carbocycles. The van der Waals surface area contributed by atoms with Gasteiger partial charge in [-0.3, -0.25) is 4.79 Å². The van der Waals surface area contributed by atoms with E-state index in [2.05, 4.69) is 20.4 Å². The third kappa shape index (κ3) is 4.09. The number of rotatable bonds is 4. The standard InChI is InChI=1S/C21H19ClN4O/c22-17-7-9-18(10-8-17)23-21(27)16-5-3-15(4-6-16)19-11-12-20(25-24-19)26-13-1-2-14-26/h3-12H,1-2,13-14H2,(H,23,27). The van der Waals surface area contributed by atoms with E-state index in [9.17, 15) is 4.79 Å². The number of hydrogen-bond acceptors (Lipinski definition) is 4. The van der Waals surface area contributed by atoms with Gasteiger partial charge in [0.1, 0.15) is 0 Å². The Bertz CT molecular complexity index is 918. The first-order valence-electron chi connectivity index (χ1n) is 8.95. The molecule has 0 bridgehead atoms. The van der Waals surface area contributed by atoms with Crippen LogP contribution < -0.4 is 10.2 Å². The molecule has 0 radical (unpaired) electrons. The Kier molecular flexibility index (Phi) is 5.03. The Hall–Kier alpha value is -2.92. The fourth-order valence-corrected chi connectivity index (χ4v) is 3.25. The van der Waals surface area contributed by atoms with Crippen molar-refractivity contribution in [3.63, 3.8) is 0 Å². The highest BCUT2D eigenvalue weighted by Gasteiger charge is 2.14. The van der Waals surface area contributed by atoms with Gasteiger partial charge in [-0.05, 0) is 61.4 Å². The maximum atomic E-state index is 12.4. The van der Waals surface area contributed by atoms with Crippen molar-refractivity contribution >= 4 is 29.0 Å². The summed E-state index contributed by atoms with van der Waals surface area (Å²) >= 11 is 5.86. The van der Waals surface area contributed by atoms with Crippen molar-refractivity contribution in [2.75, 3.05) is 23.3 Å². The highest BCUT2D eigenvalue weighted by Crippen LogP contribution is 2.22. The van der Waals surface area contributed by atoms with Crippen LogP contribution in [-0.4, -0.2) is 29.2 Å². The molecule has 4 rings (SSSR count). The van der Waals surface area contributed by atoms with Gasteiger partial charge < -0.3 is 10.2 Å². The summed E-state index contributed by atoms with van der Waals surface area (Å²) in [6, 6.07) is 18.4. The molecule has 1 amide bonds. The summed E-state index contributed by atoms with van der Waals surface area (Å²) in [5, 5.41) is 12.2. The summed E-state index contributed by atoms with van der Waals surface area (Å²) in [5.41, 5.74) is 3.01. The molecule has 5 nitrogen and oxygen atoms in total. The summed E-state index contributed by atoms with van der Waals surface area (Å²) in [6.07, 6.45) is 2.42. The normalized spacial score (nSPS) is 13.6. The quantitative estimate of drug-likeness (QED) is 0.718. The minimum Gasteiger partial charge on any atom is -0.355 e. The molecule has 1 N–H and O–H groups in total. The van der Waals surface area contributed by atoms with E-state index in [1.165, 1.54) is 12.8 Å². The number of aromatic nitrogens is 2.